The number of anilines is 1. The van der Waals surface area contributed by atoms with Gasteiger partial charge in [-0.15, -0.1) is 0 Å². The van der Waals surface area contributed by atoms with Gasteiger partial charge in [-0.05, 0) is 74.3 Å². The Hall–Kier alpha value is 1.12. The second-order valence-electron chi connectivity index (χ2n) is 7.62. The number of hydrazone groups is 1. The van der Waals surface area contributed by atoms with Gasteiger partial charge in [-0.3, -0.25) is 9.83 Å². The summed E-state index contributed by atoms with van der Waals surface area (Å²) in [5.74, 6) is -0.830. The van der Waals surface area contributed by atoms with Crippen LogP contribution >= 0.6 is 12.0 Å². The molecule has 2 heterocycles. The largest absolute Gasteiger partial charge is 1.00 e. The minimum absolute atomic E-state index is 0. The average Bonchev–Trinajstić information content (AvgIpc) is 3.32. The number of hydrogen-bond donors (Lipinski definition) is 0. The van der Waals surface area contributed by atoms with E-state index in [0.29, 0.717) is 33.2 Å². The predicted octanol–water partition coefficient (Wildman–Crippen LogP) is -7.24. The van der Waals surface area contributed by atoms with Crippen LogP contribution in [-0.2, 0) is 24.3 Å². The first-order valence-electron chi connectivity index (χ1n) is 10.4. The summed E-state index contributed by atoms with van der Waals surface area (Å²) in [6, 6.07) is 11.4. The molecule has 1 aliphatic rings. The van der Waals surface area contributed by atoms with Crippen molar-refractivity contribution in [3.8, 4) is 11.6 Å². The maximum Gasteiger partial charge on any atom is 1.00 e. The second-order valence-corrected chi connectivity index (χ2v) is 9.77. The molecular weight excluding hydrogens is 642 g/mol. The van der Waals surface area contributed by atoms with Gasteiger partial charge < -0.3 is 14.9 Å². The molecule has 192 valence electrons. The Bertz CT molecular complexity index is 1540. The van der Waals surface area contributed by atoms with Crippen LogP contribution in [0.3, 0.4) is 0 Å². The molecule has 3 aromatic rings. The number of allylic oxidation sites excluding steroid dienone is 2. The van der Waals surface area contributed by atoms with Crippen LogP contribution in [0.2, 0.25) is 0 Å². The van der Waals surface area contributed by atoms with E-state index in [9.17, 15) is 28.1 Å². The van der Waals surface area contributed by atoms with Crippen molar-refractivity contribution in [2.24, 2.45) is 5.10 Å². The van der Waals surface area contributed by atoms with Gasteiger partial charge in [0.05, 0.1) is 45.3 Å². The number of aromatic nitrogens is 2. The van der Waals surface area contributed by atoms with E-state index >= 15 is 0 Å². The fourth-order valence-corrected chi connectivity index (χ4v) is 4.28. The number of carbonyl (C=O) groups excluding carboxylic acids is 1. The molecule has 0 atom stereocenters. The smallest absolute Gasteiger partial charge is 0.858 e. The van der Waals surface area contributed by atoms with E-state index in [2.05, 4.69) is 19.6 Å². The molecule has 1 aliphatic heterocycles. The molecule has 0 fully saturated rings. The van der Waals surface area contributed by atoms with Crippen LogP contribution in [0.5, 0.6) is 5.88 Å². The Labute approximate surface area is 362 Å². The van der Waals surface area contributed by atoms with Crippen LogP contribution < -0.4 is 170 Å². The number of nitrogens with zero attached hydrogens (tertiary/aromatic N) is 4. The molecular formula is C23H17K3N4O8S2. The second kappa shape index (κ2) is 17.6. The van der Waals surface area contributed by atoms with Crippen molar-refractivity contribution < 1.29 is 192 Å². The van der Waals surface area contributed by atoms with Crippen LogP contribution in [0.4, 0.5) is 5.69 Å². The van der Waals surface area contributed by atoms with Crippen LogP contribution in [0.25, 0.3) is 11.8 Å². The zero-order valence-corrected chi connectivity index (χ0v) is 33.2. The molecule has 12 nitrogen and oxygen atoms in total. The Morgan fingerprint density at radius 3 is 2.15 bits per heavy atom. The third-order valence-electron chi connectivity index (χ3n) is 5.26. The summed E-state index contributed by atoms with van der Waals surface area (Å²) in [5.41, 5.74) is 2.27. The third-order valence-corrected chi connectivity index (χ3v) is 6.70. The number of aryl methyl sites for hydroxylation is 1. The van der Waals surface area contributed by atoms with Crippen molar-refractivity contribution >= 4 is 45.5 Å². The number of rotatable bonds is 8. The van der Waals surface area contributed by atoms with Gasteiger partial charge >= 0.3 is 154 Å². The van der Waals surface area contributed by atoms with Crippen LogP contribution in [0, 0.1) is 6.92 Å². The van der Waals surface area contributed by atoms with Gasteiger partial charge in [0.15, 0.2) is 0 Å². The zero-order valence-electron chi connectivity index (χ0n) is 22.2. The molecule has 0 spiro atoms. The molecule has 0 aliphatic carbocycles. The Kier molecular flexibility index (Phi) is 17.2. The number of amides is 1. The predicted molar refractivity (Wildman–Crippen MR) is 128 cm³/mol. The van der Waals surface area contributed by atoms with E-state index in [4.69, 9.17) is 0 Å². The molecule has 1 aromatic heterocycles. The van der Waals surface area contributed by atoms with Crippen molar-refractivity contribution in [1.82, 2.24) is 9.78 Å². The van der Waals surface area contributed by atoms with Gasteiger partial charge in [0.25, 0.3) is 5.91 Å². The Balaban J connectivity index is 0.00000267. The van der Waals surface area contributed by atoms with Crippen LogP contribution in [0.15, 0.2) is 81.1 Å². The fourth-order valence-electron chi connectivity index (χ4n) is 3.46. The normalized spacial score (nSPS) is 14.1. The summed E-state index contributed by atoms with van der Waals surface area (Å²) in [6.07, 6.45) is 4.59. The van der Waals surface area contributed by atoms with Crippen molar-refractivity contribution in [3.63, 3.8) is 0 Å². The summed E-state index contributed by atoms with van der Waals surface area (Å²) in [4.78, 5) is 13.1. The molecule has 1 amide bonds. The summed E-state index contributed by atoms with van der Waals surface area (Å²) in [6.45, 7) is 3.31. The van der Waals surface area contributed by atoms with Crippen LogP contribution in [0.1, 0.15) is 18.2 Å². The standard InChI is InChI=1S/C23H20N4O8S2.3K/c1-14-20(22(28)26(24-14)16-6-10-18(11-7-16)36-35-34-30)4-3-5-21-15(2)25-27(23(21)29)17-8-12-19(13-9-17)37(31,32)33;;;/h3-13,29-30H,1-2H3,(H,31,32,33);;;/q;3*+1/p-3/b5-3+,20-4+;;;. The zero-order chi connectivity index (χ0) is 26.7. The van der Waals surface area contributed by atoms with Gasteiger partial charge in [-0.2, -0.15) is 19.5 Å². The van der Waals surface area contributed by atoms with E-state index in [1.54, 1.807) is 44.2 Å². The van der Waals surface area contributed by atoms with Gasteiger partial charge in [-0.1, -0.05) is 12.2 Å². The first-order valence-corrected chi connectivity index (χ1v) is 12.6. The topological polar surface area (TPSA) is 172 Å². The molecule has 17 heteroatoms. The van der Waals surface area contributed by atoms with Crippen LogP contribution in [-0.4, -0.2) is 34.4 Å². The van der Waals surface area contributed by atoms with E-state index < -0.39 is 20.9 Å². The maximum absolute atomic E-state index is 12.9. The summed E-state index contributed by atoms with van der Waals surface area (Å²) in [7, 11) is -4.61. The summed E-state index contributed by atoms with van der Waals surface area (Å²) >= 11 is 0.723. The van der Waals surface area contributed by atoms with E-state index in [-0.39, 0.29) is 166 Å². The van der Waals surface area contributed by atoms with Gasteiger partial charge in [0, 0.05) is 10.5 Å². The fraction of sp³-hybridized carbons (Fsp3) is 0.0870. The minimum atomic E-state index is -4.61. The monoisotopic (exact) mass is 658 g/mol. The van der Waals surface area contributed by atoms with E-state index in [0.717, 1.165) is 28.9 Å². The van der Waals surface area contributed by atoms with Crippen molar-refractivity contribution in [2.45, 2.75) is 23.6 Å². The summed E-state index contributed by atoms with van der Waals surface area (Å²) < 4.78 is 38.7. The molecule has 0 bridgehead atoms. The number of carbonyl (C=O) groups is 1. The third kappa shape index (κ3) is 9.56. The molecule has 0 saturated carbocycles. The van der Waals surface area contributed by atoms with Gasteiger partial charge in [-0.25, -0.2) is 13.1 Å². The van der Waals surface area contributed by atoms with Crippen molar-refractivity contribution in [1.29, 1.82) is 0 Å². The quantitative estimate of drug-likeness (QED) is 0.0566. The molecule has 0 unspecified atom stereocenters. The van der Waals surface area contributed by atoms with Crippen molar-refractivity contribution in [2.75, 3.05) is 5.01 Å². The SMILES string of the molecule is CC1=NN(c2ccc(SOO[O-])cc2)C(=O)/C1=C/C=C/c1c(C)nn(-c2ccc(S(=O)(=O)[O-])cc2)c1[O-].[K+].[K+].[K+]. The Morgan fingerprint density at radius 2 is 1.57 bits per heavy atom. The number of hydrogen-bond acceptors (Lipinski definition) is 11. The first kappa shape index (κ1) is 39.1. The number of benzene rings is 2. The van der Waals surface area contributed by atoms with E-state index in [1.165, 1.54) is 29.3 Å². The maximum atomic E-state index is 12.9. The molecule has 40 heavy (non-hydrogen) atoms. The van der Waals surface area contributed by atoms with Gasteiger partial charge in [0.2, 0.25) is 0 Å². The molecule has 0 N–H and O–H groups in total. The van der Waals surface area contributed by atoms with E-state index in [1.807, 2.05) is 0 Å². The molecule has 0 saturated heterocycles. The molecule has 2 aromatic carbocycles. The Morgan fingerprint density at radius 1 is 0.975 bits per heavy atom. The van der Waals surface area contributed by atoms with Gasteiger partial charge in [0.1, 0.15) is 10.1 Å². The average molecular weight is 659 g/mol. The molecule has 4 rings (SSSR count). The summed E-state index contributed by atoms with van der Waals surface area (Å²) in [5, 5.41) is 35.8. The molecule has 0 radical (unpaired) electrons. The minimum Gasteiger partial charge on any atom is -0.858 e. The van der Waals surface area contributed by atoms with Crippen molar-refractivity contribution in [3.05, 3.63) is 77.5 Å². The first-order chi connectivity index (χ1) is 17.6.